The first-order chi connectivity index (χ1) is 9.20. The van der Waals surface area contributed by atoms with Gasteiger partial charge in [-0.1, -0.05) is 37.3 Å². The van der Waals surface area contributed by atoms with Crippen molar-refractivity contribution in [3.63, 3.8) is 0 Å². The summed E-state index contributed by atoms with van der Waals surface area (Å²) in [5.74, 6) is 0.719. The SMILES string of the molecule is CCC(C)NCC(=O)NC(c1ccccc1)C1CC1. The fourth-order valence-corrected chi connectivity index (χ4v) is 2.20. The van der Waals surface area contributed by atoms with Crippen LogP contribution in [0.1, 0.15) is 44.7 Å². The third kappa shape index (κ3) is 4.35. The molecule has 1 saturated carbocycles. The van der Waals surface area contributed by atoms with E-state index in [1.54, 1.807) is 0 Å². The lowest BCUT2D eigenvalue weighted by atomic mass is 10.0. The summed E-state index contributed by atoms with van der Waals surface area (Å²) in [5, 5.41) is 6.41. The molecule has 104 valence electrons. The summed E-state index contributed by atoms with van der Waals surface area (Å²) >= 11 is 0. The Morgan fingerprint density at radius 2 is 2.00 bits per heavy atom. The Kier molecular flexibility index (Phi) is 4.97. The first-order valence-electron chi connectivity index (χ1n) is 7.28. The molecular formula is C16H24N2O. The first-order valence-corrected chi connectivity index (χ1v) is 7.28. The summed E-state index contributed by atoms with van der Waals surface area (Å²) in [6.07, 6.45) is 3.48. The summed E-state index contributed by atoms with van der Waals surface area (Å²) in [6, 6.07) is 10.9. The lowest BCUT2D eigenvalue weighted by Crippen LogP contribution is -2.39. The summed E-state index contributed by atoms with van der Waals surface area (Å²) in [7, 11) is 0. The van der Waals surface area contributed by atoms with Crippen molar-refractivity contribution in [3.8, 4) is 0 Å². The Balaban J connectivity index is 1.89. The Hall–Kier alpha value is -1.35. The van der Waals surface area contributed by atoms with Crippen molar-refractivity contribution in [1.29, 1.82) is 0 Å². The van der Waals surface area contributed by atoms with E-state index in [0.717, 1.165) is 6.42 Å². The van der Waals surface area contributed by atoms with Gasteiger partial charge in [0.25, 0.3) is 0 Å². The van der Waals surface area contributed by atoms with E-state index in [1.807, 2.05) is 18.2 Å². The van der Waals surface area contributed by atoms with Crippen molar-refractivity contribution in [2.75, 3.05) is 6.54 Å². The van der Waals surface area contributed by atoms with E-state index in [0.29, 0.717) is 18.5 Å². The van der Waals surface area contributed by atoms with Crippen LogP contribution < -0.4 is 10.6 Å². The standard InChI is InChI=1S/C16H24N2O/c1-3-12(2)17-11-15(19)18-16(14-9-10-14)13-7-5-4-6-8-13/h4-8,12,14,16-17H,3,9-11H2,1-2H3,(H,18,19). The van der Waals surface area contributed by atoms with E-state index in [4.69, 9.17) is 0 Å². The second-order valence-corrected chi connectivity index (χ2v) is 5.48. The van der Waals surface area contributed by atoms with Gasteiger partial charge in [-0.15, -0.1) is 0 Å². The fourth-order valence-electron chi connectivity index (χ4n) is 2.20. The molecule has 2 rings (SSSR count). The predicted molar refractivity (Wildman–Crippen MR) is 77.8 cm³/mol. The average Bonchev–Trinajstić information content (AvgIpc) is 3.27. The van der Waals surface area contributed by atoms with Crippen LogP contribution >= 0.6 is 0 Å². The minimum atomic E-state index is 0.0982. The monoisotopic (exact) mass is 260 g/mol. The fraction of sp³-hybridized carbons (Fsp3) is 0.562. The zero-order valence-corrected chi connectivity index (χ0v) is 11.9. The molecule has 0 bridgehead atoms. The molecular weight excluding hydrogens is 236 g/mol. The number of amides is 1. The summed E-state index contributed by atoms with van der Waals surface area (Å²) in [5.41, 5.74) is 1.22. The Morgan fingerprint density at radius 1 is 1.32 bits per heavy atom. The molecule has 1 fully saturated rings. The van der Waals surface area contributed by atoms with Gasteiger partial charge in [0.1, 0.15) is 0 Å². The minimum Gasteiger partial charge on any atom is -0.348 e. The number of carbonyl (C=O) groups excluding carboxylic acids is 1. The molecule has 1 aliphatic carbocycles. The van der Waals surface area contributed by atoms with Gasteiger partial charge in [-0.3, -0.25) is 4.79 Å². The van der Waals surface area contributed by atoms with Gasteiger partial charge in [0.05, 0.1) is 12.6 Å². The third-order valence-corrected chi connectivity index (χ3v) is 3.79. The van der Waals surface area contributed by atoms with Crippen LogP contribution in [0.4, 0.5) is 0 Å². The van der Waals surface area contributed by atoms with Gasteiger partial charge in [-0.25, -0.2) is 0 Å². The van der Waals surface area contributed by atoms with E-state index in [9.17, 15) is 4.79 Å². The van der Waals surface area contributed by atoms with Crippen molar-refractivity contribution in [2.24, 2.45) is 5.92 Å². The van der Waals surface area contributed by atoms with E-state index in [2.05, 4.69) is 36.6 Å². The smallest absolute Gasteiger partial charge is 0.234 e. The highest BCUT2D eigenvalue weighted by molar-refractivity contribution is 5.78. The molecule has 2 atom stereocenters. The van der Waals surface area contributed by atoms with Crippen molar-refractivity contribution in [1.82, 2.24) is 10.6 Å². The summed E-state index contributed by atoms with van der Waals surface area (Å²) in [4.78, 5) is 12.0. The highest BCUT2D eigenvalue weighted by Gasteiger charge is 2.33. The second kappa shape index (κ2) is 6.71. The number of benzene rings is 1. The topological polar surface area (TPSA) is 41.1 Å². The molecule has 0 aromatic heterocycles. The van der Waals surface area contributed by atoms with Crippen LogP contribution in [-0.2, 0) is 4.79 Å². The maximum absolute atomic E-state index is 12.0. The lowest BCUT2D eigenvalue weighted by molar-refractivity contribution is -0.121. The quantitative estimate of drug-likeness (QED) is 0.791. The van der Waals surface area contributed by atoms with Crippen molar-refractivity contribution >= 4 is 5.91 Å². The molecule has 1 aromatic rings. The van der Waals surface area contributed by atoms with Gasteiger partial charge in [-0.05, 0) is 37.7 Å². The van der Waals surface area contributed by atoms with Crippen LogP contribution in [0.25, 0.3) is 0 Å². The lowest BCUT2D eigenvalue weighted by Gasteiger charge is -2.20. The van der Waals surface area contributed by atoms with Crippen LogP contribution in [0.3, 0.4) is 0 Å². The van der Waals surface area contributed by atoms with Gasteiger partial charge in [0, 0.05) is 6.04 Å². The van der Waals surface area contributed by atoms with Crippen molar-refractivity contribution in [3.05, 3.63) is 35.9 Å². The molecule has 0 aliphatic heterocycles. The second-order valence-electron chi connectivity index (χ2n) is 5.48. The Bertz CT molecular complexity index is 400. The Labute approximate surface area is 115 Å². The molecule has 0 spiro atoms. The highest BCUT2D eigenvalue weighted by Crippen LogP contribution is 2.40. The van der Waals surface area contributed by atoms with E-state index >= 15 is 0 Å². The Morgan fingerprint density at radius 3 is 2.58 bits per heavy atom. The molecule has 1 aromatic carbocycles. The van der Waals surface area contributed by atoms with Gasteiger partial charge < -0.3 is 10.6 Å². The largest absolute Gasteiger partial charge is 0.348 e. The van der Waals surface area contributed by atoms with Crippen LogP contribution in [0.15, 0.2) is 30.3 Å². The number of nitrogens with one attached hydrogen (secondary N) is 2. The molecule has 3 heteroatoms. The maximum Gasteiger partial charge on any atom is 0.234 e. The third-order valence-electron chi connectivity index (χ3n) is 3.79. The zero-order valence-electron chi connectivity index (χ0n) is 11.9. The van der Waals surface area contributed by atoms with Crippen LogP contribution in [0.2, 0.25) is 0 Å². The number of rotatable bonds is 7. The van der Waals surface area contributed by atoms with E-state index < -0.39 is 0 Å². The average molecular weight is 260 g/mol. The molecule has 1 aliphatic rings. The van der Waals surface area contributed by atoms with E-state index in [-0.39, 0.29) is 11.9 Å². The van der Waals surface area contributed by atoms with Gasteiger partial charge in [-0.2, -0.15) is 0 Å². The van der Waals surface area contributed by atoms with Gasteiger partial charge in [0.2, 0.25) is 5.91 Å². The van der Waals surface area contributed by atoms with E-state index in [1.165, 1.54) is 18.4 Å². The van der Waals surface area contributed by atoms with Crippen molar-refractivity contribution < 1.29 is 4.79 Å². The molecule has 1 amide bonds. The maximum atomic E-state index is 12.0. The summed E-state index contributed by atoms with van der Waals surface area (Å²) in [6.45, 7) is 4.63. The number of hydrogen-bond donors (Lipinski definition) is 2. The van der Waals surface area contributed by atoms with Crippen molar-refractivity contribution in [2.45, 2.75) is 45.2 Å². The number of hydrogen-bond acceptors (Lipinski definition) is 2. The molecule has 2 unspecified atom stereocenters. The zero-order chi connectivity index (χ0) is 13.7. The molecule has 2 N–H and O–H groups in total. The first kappa shape index (κ1) is 14.1. The molecule has 0 radical (unpaired) electrons. The van der Waals surface area contributed by atoms with Crippen LogP contribution in [0.5, 0.6) is 0 Å². The summed E-state index contributed by atoms with van der Waals surface area (Å²) < 4.78 is 0. The normalized spacial score (nSPS) is 17.8. The van der Waals surface area contributed by atoms with Gasteiger partial charge >= 0.3 is 0 Å². The molecule has 19 heavy (non-hydrogen) atoms. The van der Waals surface area contributed by atoms with Crippen LogP contribution in [0, 0.1) is 5.92 Å². The molecule has 3 nitrogen and oxygen atoms in total. The number of carbonyl (C=O) groups is 1. The predicted octanol–water partition coefficient (Wildman–Crippen LogP) is 2.64. The highest BCUT2D eigenvalue weighted by atomic mass is 16.2. The molecule has 0 saturated heterocycles. The molecule has 0 heterocycles. The van der Waals surface area contributed by atoms with Gasteiger partial charge in [0.15, 0.2) is 0 Å². The van der Waals surface area contributed by atoms with Crippen LogP contribution in [-0.4, -0.2) is 18.5 Å². The minimum absolute atomic E-state index is 0.0982.